The summed E-state index contributed by atoms with van der Waals surface area (Å²) in [6, 6.07) is 6.42. The molecule has 0 atom stereocenters. The maximum atomic E-state index is 5.36. The van der Waals surface area contributed by atoms with Crippen LogP contribution >= 0.6 is 0 Å². The average molecular weight is 288 g/mol. The van der Waals surface area contributed by atoms with Crippen LogP contribution in [-0.2, 0) is 11.3 Å². The van der Waals surface area contributed by atoms with Gasteiger partial charge in [0, 0.05) is 19.6 Å². The van der Waals surface area contributed by atoms with Gasteiger partial charge in [-0.15, -0.1) is 0 Å². The van der Waals surface area contributed by atoms with Crippen molar-refractivity contribution >= 4 is 11.0 Å². The third-order valence-electron chi connectivity index (χ3n) is 3.93. The Balaban J connectivity index is 1.39. The number of imidazole rings is 1. The predicted molar refractivity (Wildman–Crippen MR) is 84.4 cm³/mol. The number of hydrogen-bond donors (Lipinski definition) is 2. The van der Waals surface area contributed by atoms with E-state index in [-0.39, 0.29) is 0 Å². The summed E-state index contributed by atoms with van der Waals surface area (Å²) in [5, 5.41) is 3.52. The maximum absolute atomic E-state index is 5.36. The second-order valence-corrected chi connectivity index (χ2v) is 5.66. The molecule has 0 saturated carbocycles. The second kappa shape index (κ2) is 7.02. The molecule has 1 saturated heterocycles. The van der Waals surface area contributed by atoms with Gasteiger partial charge in [-0.1, -0.05) is 6.07 Å². The molecule has 3 rings (SSSR count). The van der Waals surface area contributed by atoms with E-state index in [9.17, 15) is 0 Å². The Morgan fingerprint density at radius 1 is 1.33 bits per heavy atom. The Morgan fingerprint density at radius 2 is 2.19 bits per heavy atom. The minimum Gasteiger partial charge on any atom is -0.379 e. The SMILES string of the molecule is Cc1nc2ccc(CNCCCN3CCOCC3)cc2[nH]1. The Bertz CT molecular complexity index is 575. The molecule has 5 nitrogen and oxygen atoms in total. The molecule has 0 spiro atoms. The van der Waals surface area contributed by atoms with Crippen molar-refractivity contribution in [2.45, 2.75) is 19.9 Å². The van der Waals surface area contributed by atoms with Gasteiger partial charge in [0.1, 0.15) is 5.82 Å². The first-order valence-electron chi connectivity index (χ1n) is 7.77. The van der Waals surface area contributed by atoms with Crippen LogP contribution in [-0.4, -0.2) is 54.3 Å². The first-order valence-corrected chi connectivity index (χ1v) is 7.77. The minimum absolute atomic E-state index is 0.886. The normalized spacial score (nSPS) is 16.6. The molecule has 21 heavy (non-hydrogen) atoms. The van der Waals surface area contributed by atoms with Gasteiger partial charge in [0.25, 0.3) is 0 Å². The van der Waals surface area contributed by atoms with E-state index in [4.69, 9.17) is 4.74 Å². The lowest BCUT2D eigenvalue weighted by molar-refractivity contribution is 0.0374. The average Bonchev–Trinajstić information content (AvgIpc) is 2.87. The summed E-state index contributed by atoms with van der Waals surface area (Å²) >= 11 is 0. The molecule has 2 heterocycles. The molecule has 5 heteroatoms. The molecule has 2 aromatic rings. The van der Waals surface area contributed by atoms with Crippen LogP contribution < -0.4 is 5.32 Å². The topological polar surface area (TPSA) is 53.2 Å². The van der Waals surface area contributed by atoms with Gasteiger partial charge in [0.05, 0.1) is 24.2 Å². The first-order chi connectivity index (χ1) is 10.3. The number of nitrogens with zero attached hydrogens (tertiary/aromatic N) is 2. The van der Waals surface area contributed by atoms with Gasteiger partial charge in [0.15, 0.2) is 0 Å². The van der Waals surface area contributed by atoms with Gasteiger partial charge in [-0.3, -0.25) is 4.90 Å². The Hall–Kier alpha value is -1.43. The zero-order chi connectivity index (χ0) is 14.5. The lowest BCUT2D eigenvalue weighted by Gasteiger charge is -2.26. The Kier molecular flexibility index (Phi) is 4.85. The predicted octanol–water partition coefficient (Wildman–Crippen LogP) is 1.68. The summed E-state index contributed by atoms with van der Waals surface area (Å²) in [5.74, 6) is 0.973. The first kappa shape index (κ1) is 14.5. The molecule has 1 aliphatic heterocycles. The molecule has 0 aliphatic carbocycles. The Labute approximate surface area is 125 Å². The number of aryl methyl sites for hydroxylation is 1. The van der Waals surface area contributed by atoms with Crippen LogP contribution in [0.1, 0.15) is 17.8 Å². The summed E-state index contributed by atoms with van der Waals surface area (Å²) < 4.78 is 5.36. The van der Waals surface area contributed by atoms with Crippen LogP contribution in [0.15, 0.2) is 18.2 Å². The number of morpholine rings is 1. The number of fused-ring (bicyclic) bond motifs is 1. The number of aromatic nitrogens is 2. The number of hydrogen-bond acceptors (Lipinski definition) is 4. The lowest BCUT2D eigenvalue weighted by atomic mass is 10.2. The minimum atomic E-state index is 0.886. The summed E-state index contributed by atoms with van der Waals surface area (Å²) in [6.45, 7) is 9.05. The van der Waals surface area contributed by atoms with Crippen LogP contribution in [0.5, 0.6) is 0 Å². The molecule has 1 aromatic heterocycles. The highest BCUT2D eigenvalue weighted by Gasteiger charge is 2.08. The number of aromatic amines is 1. The third kappa shape index (κ3) is 4.03. The van der Waals surface area contributed by atoms with E-state index in [0.29, 0.717) is 0 Å². The van der Waals surface area contributed by atoms with Crippen molar-refractivity contribution in [2.75, 3.05) is 39.4 Å². The van der Waals surface area contributed by atoms with Crippen LogP contribution in [0.2, 0.25) is 0 Å². The molecule has 0 radical (unpaired) electrons. The Morgan fingerprint density at radius 3 is 3.05 bits per heavy atom. The van der Waals surface area contributed by atoms with Crippen molar-refractivity contribution in [1.82, 2.24) is 20.2 Å². The van der Waals surface area contributed by atoms with E-state index in [1.165, 1.54) is 12.0 Å². The summed E-state index contributed by atoms with van der Waals surface area (Å²) in [4.78, 5) is 10.2. The fourth-order valence-corrected chi connectivity index (χ4v) is 2.78. The largest absolute Gasteiger partial charge is 0.379 e. The van der Waals surface area contributed by atoms with Gasteiger partial charge in [-0.25, -0.2) is 4.98 Å². The van der Waals surface area contributed by atoms with Gasteiger partial charge < -0.3 is 15.0 Å². The van der Waals surface area contributed by atoms with Crippen molar-refractivity contribution in [3.63, 3.8) is 0 Å². The van der Waals surface area contributed by atoms with Crippen LogP contribution in [0, 0.1) is 6.92 Å². The smallest absolute Gasteiger partial charge is 0.104 e. The number of H-pyrrole nitrogens is 1. The van der Waals surface area contributed by atoms with E-state index >= 15 is 0 Å². The van der Waals surface area contributed by atoms with Crippen LogP contribution in [0.25, 0.3) is 11.0 Å². The summed E-state index contributed by atoms with van der Waals surface area (Å²) in [7, 11) is 0. The van der Waals surface area contributed by atoms with Crippen molar-refractivity contribution in [2.24, 2.45) is 0 Å². The monoisotopic (exact) mass is 288 g/mol. The van der Waals surface area contributed by atoms with E-state index < -0.39 is 0 Å². The number of rotatable bonds is 6. The van der Waals surface area contributed by atoms with Crippen molar-refractivity contribution in [3.8, 4) is 0 Å². The highest BCUT2D eigenvalue weighted by molar-refractivity contribution is 5.75. The molecular formula is C16H24N4O. The molecule has 0 unspecified atom stereocenters. The summed E-state index contributed by atoms with van der Waals surface area (Å²) in [5.41, 5.74) is 3.47. The molecule has 2 N–H and O–H groups in total. The number of nitrogens with one attached hydrogen (secondary N) is 2. The molecule has 1 fully saturated rings. The van der Waals surface area contributed by atoms with Gasteiger partial charge in [0.2, 0.25) is 0 Å². The molecule has 0 bridgehead atoms. The molecule has 1 aromatic carbocycles. The highest BCUT2D eigenvalue weighted by Crippen LogP contribution is 2.13. The molecule has 1 aliphatic rings. The van der Waals surface area contributed by atoms with Crippen LogP contribution in [0.4, 0.5) is 0 Å². The van der Waals surface area contributed by atoms with Gasteiger partial charge in [-0.05, 0) is 44.1 Å². The van der Waals surface area contributed by atoms with Crippen molar-refractivity contribution in [1.29, 1.82) is 0 Å². The zero-order valence-corrected chi connectivity index (χ0v) is 12.7. The third-order valence-corrected chi connectivity index (χ3v) is 3.93. The summed E-state index contributed by atoms with van der Waals surface area (Å²) in [6.07, 6.45) is 1.19. The van der Waals surface area contributed by atoms with E-state index in [1.54, 1.807) is 0 Å². The lowest BCUT2D eigenvalue weighted by Crippen LogP contribution is -2.37. The van der Waals surface area contributed by atoms with Gasteiger partial charge in [-0.2, -0.15) is 0 Å². The number of benzene rings is 1. The van der Waals surface area contributed by atoms with E-state index in [0.717, 1.165) is 62.8 Å². The second-order valence-electron chi connectivity index (χ2n) is 5.66. The van der Waals surface area contributed by atoms with Crippen LogP contribution in [0.3, 0.4) is 0 Å². The quantitative estimate of drug-likeness (QED) is 0.794. The standard InChI is InChI=1S/C16H24N4O/c1-13-18-15-4-3-14(11-16(15)19-13)12-17-5-2-6-20-7-9-21-10-8-20/h3-4,11,17H,2,5-10,12H2,1H3,(H,18,19). The molecule has 0 amide bonds. The molecule has 114 valence electrons. The number of ether oxygens (including phenoxy) is 1. The van der Waals surface area contributed by atoms with E-state index in [1.807, 2.05) is 6.92 Å². The van der Waals surface area contributed by atoms with Crippen molar-refractivity contribution in [3.05, 3.63) is 29.6 Å². The van der Waals surface area contributed by atoms with E-state index in [2.05, 4.69) is 38.4 Å². The fraction of sp³-hybridized carbons (Fsp3) is 0.562. The van der Waals surface area contributed by atoms with Gasteiger partial charge >= 0.3 is 0 Å². The zero-order valence-electron chi connectivity index (χ0n) is 12.7. The van der Waals surface area contributed by atoms with Crippen molar-refractivity contribution < 1.29 is 4.74 Å². The highest BCUT2D eigenvalue weighted by atomic mass is 16.5. The maximum Gasteiger partial charge on any atom is 0.104 e. The fourth-order valence-electron chi connectivity index (χ4n) is 2.78. The molecular weight excluding hydrogens is 264 g/mol.